The number of nitrogens with zero attached hydrogens (tertiary/aromatic N) is 2. The zero-order valence-corrected chi connectivity index (χ0v) is 17.1. The summed E-state index contributed by atoms with van der Waals surface area (Å²) in [6.07, 6.45) is 0.846. The number of carboxylic acid groups (broad SMARTS) is 1. The van der Waals surface area contributed by atoms with Gasteiger partial charge in [0, 0.05) is 50.3 Å². The molecule has 2 aliphatic heterocycles. The molecule has 3 rings (SSSR count). The van der Waals surface area contributed by atoms with Crippen molar-refractivity contribution in [1.29, 1.82) is 0 Å². The first-order chi connectivity index (χ1) is 14.6. The Labute approximate surface area is 177 Å². The smallest absolute Gasteiger partial charge is 0.475 e. The van der Waals surface area contributed by atoms with Crippen LogP contribution < -0.4 is 5.32 Å². The fourth-order valence-corrected chi connectivity index (χ4v) is 3.52. The van der Waals surface area contributed by atoms with E-state index in [-0.39, 0.29) is 23.8 Å². The summed E-state index contributed by atoms with van der Waals surface area (Å²) in [6, 6.07) is 3.50. The van der Waals surface area contributed by atoms with Crippen molar-refractivity contribution >= 4 is 17.8 Å². The van der Waals surface area contributed by atoms with Crippen LogP contribution in [0.15, 0.2) is 24.5 Å². The van der Waals surface area contributed by atoms with Gasteiger partial charge in [0.2, 0.25) is 5.91 Å². The van der Waals surface area contributed by atoms with Crippen molar-refractivity contribution in [2.45, 2.75) is 38.5 Å². The first-order valence-electron chi connectivity index (χ1n) is 10.0. The lowest BCUT2D eigenvalue weighted by atomic mass is 9.93. The van der Waals surface area contributed by atoms with Gasteiger partial charge in [0.1, 0.15) is 0 Å². The summed E-state index contributed by atoms with van der Waals surface area (Å²) >= 11 is 0. The van der Waals surface area contributed by atoms with E-state index in [0.717, 1.165) is 19.4 Å². The molecule has 3 heterocycles. The molecule has 1 aromatic heterocycles. The van der Waals surface area contributed by atoms with Crippen molar-refractivity contribution in [2.24, 2.45) is 11.8 Å². The number of likely N-dealkylation sites (tertiary alicyclic amines) is 1. The maximum absolute atomic E-state index is 12.2. The zero-order chi connectivity index (χ0) is 23.0. The topological polar surface area (TPSA) is 109 Å². The quantitative estimate of drug-likeness (QED) is 0.694. The second-order valence-electron chi connectivity index (χ2n) is 7.45. The highest BCUT2D eigenvalue weighted by atomic mass is 19.4. The number of rotatable bonds is 6. The number of unbranched alkanes of at least 4 members (excludes halogenated alkanes) is 1. The molecular formula is C20H26F3N3O5. The average Bonchev–Trinajstić information content (AvgIpc) is 3.32. The normalized spacial score (nSPS) is 22.3. The van der Waals surface area contributed by atoms with E-state index in [0.29, 0.717) is 37.6 Å². The van der Waals surface area contributed by atoms with Gasteiger partial charge in [-0.1, -0.05) is 13.3 Å². The molecule has 8 nitrogen and oxygen atoms in total. The van der Waals surface area contributed by atoms with Gasteiger partial charge in [0.05, 0.1) is 18.3 Å². The molecule has 0 bridgehead atoms. The molecule has 31 heavy (non-hydrogen) atoms. The van der Waals surface area contributed by atoms with Crippen LogP contribution in [0.2, 0.25) is 0 Å². The van der Waals surface area contributed by atoms with Crippen molar-refractivity contribution in [2.75, 3.05) is 26.2 Å². The predicted molar refractivity (Wildman–Crippen MR) is 103 cm³/mol. The number of fused-ring (bicyclic) bond motifs is 1. The number of nitrogens with one attached hydrogen (secondary N) is 1. The largest absolute Gasteiger partial charge is 0.490 e. The van der Waals surface area contributed by atoms with Crippen LogP contribution in [0.5, 0.6) is 0 Å². The number of hydrogen-bond donors (Lipinski definition) is 2. The van der Waals surface area contributed by atoms with Crippen LogP contribution in [-0.4, -0.2) is 71.3 Å². The summed E-state index contributed by atoms with van der Waals surface area (Å²) in [5, 5.41) is 10.1. The molecule has 2 amide bonds. The van der Waals surface area contributed by atoms with E-state index in [4.69, 9.17) is 14.6 Å². The molecule has 0 radical (unpaired) electrons. The van der Waals surface area contributed by atoms with E-state index in [2.05, 4.69) is 17.2 Å². The number of alkyl halides is 3. The van der Waals surface area contributed by atoms with E-state index in [1.807, 2.05) is 4.90 Å². The van der Waals surface area contributed by atoms with Crippen LogP contribution in [0, 0.1) is 11.8 Å². The van der Waals surface area contributed by atoms with Gasteiger partial charge in [-0.25, -0.2) is 4.79 Å². The predicted octanol–water partition coefficient (Wildman–Crippen LogP) is 2.11. The Morgan fingerprint density at radius 2 is 2.03 bits per heavy atom. The van der Waals surface area contributed by atoms with E-state index in [1.54, 1.807) is 24.5 Å². The van der Waals surface area contributed by atoms with Gasteiger partial charge in [-0.05, 0) is 18.6 Å². The summed E-state index contributed by atoms with van der Waals surface area (Å²) in [5.41, 5.74) is 0.566. The molecule has 3 atom stereocenters. The summed E-state index contributed by atoms with van der Waals surface area (Å²) in [6.45, 7) is 4.77. The third kappa shape index (κ3) is 7.20. The van der Waals surface area contributed by atoms with E-state index in [9.17, 15) is 22.8 Å². The third-order valence-corrected chi connectivity index (χ3v) is 5.23. The molecule has 0 aliphatic carbocycles. The Hall–Kier alpha value is -2.69. The SMILES string of the molecule is CCCCC(=O)N1C[C@@H]2[C@H](CNC(=O)c3cccnc3)CO[C@@H]2C1.O=C(O)C(F)(F)F. The summed E-state index contributed by atoms with van der Waals surface area (Å²) in [7, 11) is 0. The number of halogens is 3. The molecule has 0 saturated carbocycles. The zero-order valence-electron chi connectivity index (χ0n) is 17.1. The molecule has 11 heteroatoms. The van der Waals surface area contributed by atoms with Crippen molar-refractivity contribution in [1.82, 2.24) is 15.2 Å². The Kier molecular flexibility index (Phi) is 8.78. The van der Waals surface area contributed by atoms with Crippen molar-refractivity contribution in [3.8, 4) is 0 Å². The molecule has 2 fully saturated rings. The minimum absolute atomic E-state index is 0.111. The lowest BCUT2D eigenvalue weighted by Gasteiger charge is -2.20. The Bertz CT molecular complexity index is 760. The van der Waals surface area contributed by atoms with Gasteiger partial charge >= 0.3 is 12.1 Å². The van der Waals surface area contributed by atoms with Crippen molar-refractivity contribution in [3.05, 3.63) is 30.1 Å². The number of ether oxygens (including phenoxy) is 1. The van der Waals surface area contributed by atoms with Crippen molar-refractivity contribution < 1.29 is 37.4 Å². The fourth-order valence-electron chi connectivity index (χ4n) is 3.52. The minimum atomic E-state index is -5.08. The van der Waals surface area contributed by atoms with E-state index < -0.39 is 12.1 Å². The first-order valence-corrected chi connectivity index (χ1v) is 10.0. The number of hydrogen-bond acceptors (Lipinski definition) is 5. The highest BCUT2D eigenvalue weighted by Gasteiger charge is 2.44. The molecule has 0 unspecified atom stereocenters. The summed E-state index contributed by atoms with van der Waals surface area (Å²) < 4.78 is 37.6. The van der Waals surface area contributed by atoms with Crippen LogP contribution in [0.4, 0.5) is 13.2 Å². The van der Waals surface area contributed by atoms with Crippen LogP contribution in [0.3, 0.4) is 0 Å². The Balaban J connectivity index is 0.000000423. The maximum Gasteiger partial charge on any atom is 0.490 e. The Morgan fingerprint density at radius 1 is 1.32 bits per heavy atom. The number of carbonyl (C=O) groups excluding carboxylic acids is 2. The molecule has 172 valence electrons. The number of pyridine rings is 1. The average molecular weight is 445 g/mol. The molecule has 0 aromatic carbocycles. The molecular weight excluding hydrogens is 419 g/mol. The second-order valence-corrected chi connectivity index (χ2v) is 7.45. The van der Waals surface area contributed by atoms with E-state index >= 15 is 0 Å². The highest BCUT2D eigenvalue weighted by molar-refractivity contribution is 5.93. The van der Waals surface area contributed by atoms with Crippen molar-refractivity contribution in [3.63, 3.8) is 0 Å². The lowest BCUT2D eigenvalue weighted by molar-refractivity contribution is -0.192. The Morgan fingerprint density at radius 3 is 2.61 bits per heavy atom. The van der Waals surface area contributed by atoms with Crippen LogP contribution in [-0.2, 0) is 14.3 Å². The van der Waals surface area contributed by atoms with Gasteiger partial charge in [0.15, 0.2) is 0 Å². The van der Waals surface area contributed by atoms with Gasteiger partial charge in [-0.3, -0.25) is 14.6 Å². The fraction of sp³-hybridized carbons (Fsp3) is 0.600. The van der Waals surface area contributed by atoms with Gasteiger partial charge in [0.25, 0.3) is 5.91 Å². The number of aromatic nitrogens is 1. The molecule has 2 N–H and O–H groups in total. The molecule has 2 aliphatic rings. The third-order valence-electron chi connectivity index (χ3n) is 5.23. The molecule has 2 saturated heterocycles. The lowest BCUT2D eigenvalue weighted by Crippen LogP contribution is -2.35. The second kappa shape index (κ2) is 11.1. The maximum atomic E-state index is 12.2. The van der Waals surface area contributed by atoms with Crippen LogP contribution >= 0.6 is 0 Å². The molecule has 1 aromatic rings. The van der Waals surface area contributed by atoms with Crippen LogP contribution in [0.1, 0.15) is 36.5 Å². The highest BCUT2D eigenvalue weighted by Crippen LogP contribution is 2.33. The number of aliphatic carboxylic acids is 1. The standard InChI is InChI=1S/C18H25N3O3.C2HF3O2/c1-2-3-6-17(22)21-10-15-14(12-24-16(15)11-21)9-20-18(23)13-5-4-7-19-8-13;3-2(4,5)1(6)7/h4-5,7-8,14-16H,2-3,6,9-12H2,1H3,(H,20,23);(H,6,7)/t14-,15-,16-;/m1./s1. The minimum Gasteiger partial charge on any atom is -0.475 e. The first kappa shape index (κ1) is 24.6. The number of carbonyl (C=O) groups is 3. The monoisotopic (exact) mass is 445 g/mol. The number of amides is 2. The van der Waals surface area contributed by atoms with E-state index in [1.165, 1.54) is 0 Å². The van der Waals surface area contributed by atoms with Gasteiger partial charge in [-0.2, -0.15) is 13.2 Å². The van der Waals surface area contributed by atoms with Gasteiger partial charge < -0.3 is 20.1 Å². The number of carboxylic acids is 1. The van der Waals surface area contributed by atoms with Crippen LogP contribution in [0.25, 0.3) is 0 Å². The van der Waals surface area contributed by atoms with Gasteiger partial charge in [-0.15, -0.1) is 0 Å². The summed E-state index contributed by atoms with van der Waals surface area (Å²) in [5.74, 6) is -2.05. The molecule has 0 spiro atoms. The summed E-state index contributed by atoms with van der Waals surface area (Å²) in [4.78, 5) is 39.1.